The van der Waals surface area contributed by atoms with Gasteiger partial charge in [0.2, 0.25) is 0 Å². The van der Waals surface area contributed by atoms with Gasteiger partial charge in [-0.3, -0.25) is 0 Å². The summed E-state index contributed by atoms with van der Waals surface area (Å²) in [6.45, 7) is 17.8. The topological polar surface area (TPSA) is 77.1 Å². The number of amides is 2. The number of likely N-dealkylation sites (tertiary alicyclic amines) is 1. The molecule has 1 aliphatic heterocycles. The van der Waals surface area contributed by atoms with Gasteiger partial charge in [0.15, 0.2) is 8.32 Å². The predicted octanol–water partition coefficient (Wildman–Crippen LogP) is 5.70. The van der Waals surface area contributed by atoms with Gasteiger partial charge in [0.05, 0.1) is 6.10 Å². The molecule has 186 valence electrons. The zero-order valence-corrected chi connectivity index (χ0v) is 22.6. The summed E-state index contributed by atoms with van der Waals surface area (Å²) in [6.07, 6.45) is 0.507. The summed E-state index contributed by atoms with van der Waals surface area (Å²) in [6, 6.07) is 9.49. The molecule has 1 saturated heterocycles. The number of ether oxygens (including phenoxy) is 2. The fourth-order valence-electron chi connectivity index (χ4n) is 3.49. The van der Waals surface area contributed by atoms with Crippen molar-refractivity contribution in [3.05, 3.63) is 35.9 Å². The molecule has 0 radical (unpaired) electrons. The second-order valence-corrected chi connectivity index (χ2v) is 16.1. The molecular weight excluding hydrogens is 436 g/mol. The van der Waals surface area contributed by atoms with Crippen LogP contribution in [0.2, 0.25) is 18.1 Å². The van der Waals surface area contributed by atoms with E-state index < -0.39 is 20.0 Å². The van der Waals surface area contributed by atoms with Crippen molar-refractivity contribution in [1.82, 2.24) is 10.2 Å². The number of nitrogens with one attached hydrogen (secondary N) is 1. The summed E-state index contributed by atoms with van der Waals surface area (Å²) in [5, 5.41) is 2.89. The maximum Gasteiger partial charge on any atom is 0.410 e. The SMILES string of the molecule is CC(C)(C)OC(=O)N1C[C@H](O[Si](C)(C)C(C)(C)C)C[C@H]1CCNC(=O)OCc1ccccc1. The Labute approximate surface area is 200 Å². The van der Waals surface area contributed by atoms with Crippen LogP contribution in [0.25, 0.3) is 0 Å². The third-order valence-electron chi connectivity index (χ3n) is 6.23. The highest BCUT2D eigenvalue weighted by atomic mass is 28.4. The highest BCUT2D eigenvalue weighted by molar-refractivity contribution is 6.74. The molecule has 7 nitrogen and oxygen atoms in total. The lowest BCUT2D eigenvalue weighted by molar-refractivity contribution is 0.0205. The molecule has 1 heterocycles. The van der Waals surface area contributed by atoms with Crippen molar-refractivity contribution in [3.8, 4) is 0 Å². The van der Waals surface area contributed by atoms with E-state index in [2.05, 4.69) is 39.2 Å². The minimum absolute atomic E-state index is 0.0338. The minimum Gasteiger partial charge on any atom is -0.445 e. The molecule has 1 aliphatic rings. The lowest BCUT2D eigenvalue weighted by Crippen LogP contribution is -2.45. The molecular formula is C25H42N2O5Si. The van der Waals surface area contributed by atoms with Gasteiger partial charge in [0, 0.05) is 19.1 Å². The number of nitrogens with zero attached hydrogens (tertiary/aromatic N) is 1. The van der Waals surface area contributed by atoms with Gasteiger partial charge in [0.25, 0.3) is 0 Å². The van der Waals surface area contributed by atoms with E-state index in [1.54, 1.807) is 4.90 Å². The molecule has 33 heavy (non-hydrogen) atoms. The maximum atomic E-state index is 12.9. The standard InChI is InChI=1S/C25H42N2O5Si/c1-24(2,3)31-23(29)27-17-21(32-33(7,8)25(4,5)6)16-20(27)14-15-26-22(28)30-18-19-12-10-9-11-13-19/h9-13,20-21H,14-18H2,1-8H3,(H,26,28)/t20-,21-/m1/s1. The number of rotatable bonds is 7. The van der Waals surface area contributed by atoms with Gasteiger partial charge in [-0.25, -0.2) is 9.59 Å². The first kappa shape index (κ1) is 27.2. The van der Waals surface area contributed by atoms with Crippen LogP contribution in [0.1, 0.15) is 59.9 Å². The average Bonchev–Trinajstić information content (AvgIpc) is 3.07. The van der Waals surface area contributed by atoms with Gasteiger partial charge >= 0.3 is 12.2 Å². The molecule has 2 amide bonds. The Kier molecular flexibility index (Phi) is 8.99. The van der Waals surface area contributed by atoms with E-state index in [1.807, 2.05) is 51.1 Å². The normalized spacial score (nSPS) is 19.3. The Balaban J connectivity index is 1.94. The molecule has 0 aromatic heterocycles. The van der Waals surface area contributed by atoms with Gasteiger partial charge in [-0.2, -0.15) is 0 Å². The van der Waals surface area contributed by atoms with Crippen molar-refractivity contribution in [2.75, 3.05) is 13.1 Å². The Morgan fingerprint density at radius 2 is 1.73 bits per heavy atom. The van der Waals surface area contributed by atoms with Crippen LogP contribution in [0, 0.1) is 0 Å². The lowest BCUT2D eigenvalue weighted by atomic mass is 10.1. The number of carbonyl (C=O) groups is 2. The molecule has 0 bridgehead atoms. The fourth-order valence-corrected chi connectivity index (χ4v) is 4.84. The predicted molar refractivity (Wildman–Crippen MR) is 133 cm³/mol. The van der Waals surface area contributed by atoms with Crippen LogP contribution in [-0.2, 0) is 20.5 Å². The summed E-state index contributed by atoms with van der Waals surface area (Å²) in [4.78, 5) is 26.7. The zero-order valence-electron chi connectivity index (χ0n) is 21.6. The third kappa shape index (κ3) is 8.66. The maximum absolute atomic E-state index is 12.9. The van der Waals surface area contributed by atoms with Crippen molar-refractivity contribution in [3.63, 3.8) is 0 Å². The molecule has 8 heteroatoms. The second-order valence-electron chi connectivity index (χ2n) is 11.3. The van der Waals surface area contributed by atoms with Gasteiger partial charge in [-0.15, -0.1) is 0 Å². The molecule has 1 aromatic carbocycles. The van der Waals surface area contributed by atoms with E-state index >= 15 is 0 Å². The Morgan fingerprint density at radius 1 is 1.09 bits per heavy atom. The third-order valence-corrected chi connectivity index (χ3v) is 10.8. The van der Waals surface area contributed by atoms with E-state index in [0.29, 0.717) is 19.5 Å². The number of hydrogen-bond donors (Lipinski definition) is 1. The Bertz CT molecular complexity index is 786. The molecule has 1 fully saturated rings. The first-order chi connectivity index (χ1) is 15.2. The molecule has 0 saturated carbocycles. The highest BCUT2D eigenvalue weighted by Gasteiger charge is 2.44. The number of carbonyl (C=O) groups excluding carboxylic acids is 2. The molecule has 2 atom stereocenters. The van der Waals surface area contributed by atoms with E-state index in [4.69, 9.17) is 13.9 Å². The van der Waals surface area contributed by atoms with Crippen LogP contribution in [0.4, 0.5) is 9.59 Å². The van der Waals surface area contributed by atoms with Crippen molar-refractivity contribution in [2.24, 2.45) is 0 Å². The van der Waals surface area contributed by atoms with Crippen LogP contribution < -0.4 is 5.32 Å². The molecule has 1 aromatic rings. The molecule has 0 spiro atoms. The van der Waals surface area contributed by atoms with Crippen molar-refractivity contribution in [2.45, 2.75) is 96.9 Å². The number of benzene rings is 1. The lowest BCUT2D eigenvalue weighted by Gasteiger charge is -2.38. The van der Waals surface area contributed by atoms with Gasteiger partial charge in [-0.05, 0) is 57.3 Å². The quantitative estimate of drug-likeness (QED) is 0.509. The Hall–Kier alpha value is -2.06. The molecule has 2 rings (SSSR count). The van der Waals surface area contributed by atoms with Gasteiger partial charge in [0.1, 0.15) is 12.2 Å². The van der Waals surface area contributed by atoms with Crippen LogP contribution in [-0.4, -0.2) is 56.2 Å². The van der Waals surface area contributed by atoms with Crippen LogP contribution >= 0.6 is 0 Å². The first-order valence-corrected chi connectivity index (χ1v) is 14.7. The number of hydrogen-bond acceptors (Lipinski definition) is 5. The van der Waals surface area contributed by atoms with Crippen molar-refractivity contribution >= 4 is 20.5 Å². The summed E-state index contributed by atoms with van der Waals surface area (Å²) >= 11 is 0. The molecule has 0 aliphatic carbocycles. The van der Waals surface area contributed by atoms with Gasteiger partial charge < -0.3 is 24.1 Å². The Morgan fingerprint density at radius 3 is 2.30 bits per heavy atom. The highest BCUT2D eigenvalue weighted by Crippen LogP contribution is 2.39. The molecule has 1 N–H and O–H groups in total. The second kappa shape index (κ2) is 10.9. The molecule has 0 unspecified atom stereocenters. The monoisotopic (exact) mass is 478 g/mol. The van der Waals surface area contributed by atoms with Gasteiger partial charge in [-0.1, -0.05) is 51.1 Å². The largest absolute Gasteiger partial charge is 0.445 e. The van der Waals surface area contributed by atoms with E-state index in [0.717, 1.165) is 12.0 Å². The van der Waals surface area contributed by atoms with E-state index in [-0.39, 0.29) is 29.9 Å². The summed E-state index contributed by atoms with van der Waals surface area (Å²) in [5.74, 6) is 0. The van der Waals surface area contributed by atoms with Crippen LogP contribution in [0.15, 0.2) is 30.3 Å². The number of alkyl carbamates (subject to hydrolysis) is 1. The first-order valence-electron chi connectivity index (χ1n) is 11.8. The fraction of sp³-hybridized carbons (Fsp3) is 0.680. The van der Waals surface area contributed by atoms with Crippen molar-refractivity contribution in [1.29, 1.82) is 0 Å². The average molecular weight is 479 g/mol. The summed E-state index contributed by atoms with van der Waals surface area (Å²) in [5.41, 5.74) is 0.365. The van der Waals surface area contributed by atoms with E-state index in [1.165, 1.54) is 0 Å². The van der Waals surface area contributed by atoms with Crippen LogP contribution in [0.5, 0.6) is 0 Å². The minimum atomic E-state index is -1.97. The summed E-state index contributed by atoms with van der Waals surface area (Å²) < 4.78 is 17.5. The zero-order chi connectivity index (χ0) is 24.9. The van der Waals surface area contributed by atoms with Crippen LogP contribution in [0.3, 0.4) is 0 Å². The smallest absolute Gasteiger partial charge is 0.410 e. The van der Waals surface area contributed by atoms with Crippen molar-refractivity contribution < 1.29 is 23.5 Å². The van der Waals surface area contributed by atoms with E-state index in [9.17, 15) is 9.59 Å². The summed E-state index contributed by atoms with van der Waals surface area (Å²) in [7, 11) is -1.97.